The molecule has 0 aliphatic carbocycles. The van der Waals surface area contributed by atoms with E-state index in [4.69, 9.17) is 23.7 Å². The van der Waals surface area contributed by atoms with E-state index in [9.17, 15) is 14.4 Å². The van der Waals surface area contributed by atoms with Crippen LogP contribution in [0.3, 0.4) is 0 Å². The molecule has 2 heterocycles. The Hall–Kier alpha value is -4.38. The van der Waals surface area contributed by atoms with Crippen molar-refractivity contribution < 1.29 is 33.3 Å². The quantitative estimate of drug-likeness (QED) is 0.333. The minimum Gasteiger partial charge on any atom is -0.497 e. The number of carbonyl (C=O) groups is 2. The molecule has 1 atom stereocenters. The lowest BCUT2D eigenvalue weighted by molar-refractivity contribution is -0.136. The van der Waals surface area contributed by atoms with Crippen LogP contribution in [0, 0.1) is 0 Å². The van der Waals surface area contributed by atoms with Crippen LogP contribution in [0.15, 0.2) is 57.5 Å². The summed E-state index contributed by atoms with van der Waals surface area (Å²) >= 11 is 1.19. The monoisotopic (exact) mass is 538 g/mol. The van der Waals surface area contributed by atoms with Gasteiger partial charge in [0.05, 0.1) is 50.3 Å². The van der Waals surface area contributed by atoms with Gasteiger partial charge in [0.15, 0.2) is 16.3 Å². The van der Waals surface area contributed by atoms with Crippen molar-refractivity contribution >= 4 is 29.4 Å². The van der Waals surface area contributed by atoms with Gasteiger partial charge in [-0.25, -0.2) is 9.79 Å². The van der Waals surface area contributed by atoms with Gasteiger partial charge in [-0.15, -0.1) is 0 Å². The first-order valence-electron chi connectivity index (χ1n) is 11.4. The molecule has 1 aliphatic rings. The standard InChI is InChI=1S/C27H26N2O8S/c1-14-23(26(32)36-6)24(17-8-10-19(37-15(2)30)21(11-17)35-5)29-25(31)22(38-27(29)28-14)12-16-7-9-18(33-3)13-20(16)34-4/h7-13,24H,1-6H3/b22-12+/t24-/m0/s1. The molecule has 2 aromatic carbocycles. The van der Waals surface area contributed by atoms with Crippen molar-refractivity contribution in [3.8, 4) is 23.0 Å². The van der Waals surface area contributed by atoms with Crippen molar-refractivity contribution in [2.75, 3.05) is 28.4 Å². The maximum absolute atomic E-state index is 13.8. The van der Waals surface area contributed by atoms with Crippen molar-refractivity contribution in [1.29, 1.82) is 0 Å². The van der Waals surface area contributed by atoms with E-state index in [1.54, 1.807) is 56.5 Å². The average molecular weight is 539 g/mol. The number of carbonyl (C=O) groups excluding carboxylic acids is 2. The third-order valence-electron chi connectivity index (χ3n) is 5.91. The highest BCUT2D eigenvalue weighted by Gasteiger charge is 2.33. The number of nitrogens with zero attached hydrogens (tertiary/aromatic N) is 2. The van der Waals surface area contributed by atoms with Crippen LogP contribution in [0.4, 0.5) is 0 Å². The maximum Gasteiger partial charge on any atom is 0.338 e. The van der Waals surface area contributed by atoms with Crippen molar-refractivity contribution in [3.63, 3.8) is 0 Å². The average Bonchev–Trinajstić information content (AvgIpc) is 3.21. The largest absolute Gasteiger partial charge is 0.497 e. The number of hydrogen-bond acceptors (Lipinski definition) is 10. The fraction of sp³-hybridized carbons (Fsp3) is 0.259. The van der Waals surface area contributed by atoms with Crippen LogP contribution < -0.4 is 33.8 Å². The zero-order valence-electron chi connectivity index (χ0n) is 21.7. The molecule has 1 aliphatic heterocycles. The van der Waals surface area contributed by atoms with Crippen LogP contribution in [-0.4, -0.2) is 44.9 Å². The molecule has 0 saturated carbocycles. The number of esters is 2. The second-order valence-electron chi connectivity index (χ2n) is 8.19. The van der Waals surface area contributed by atoms with Gasteiger partial charge in [0.25, 0.3) is 5.56 Å². The molecule has 38 heavy (non-hydrogen) atoms. The molecule has 0 unspecified atom stereocenters. The van der Waals surface area contributed by atoms with Gasteiger partial charge >= 0.3 is 11.9 Å². The molecule has 11 heteroatoms. The van der Waals surface area contributed by atoms with Crippen molar-refractivity contribution in [2.24, 2.45) is 4.99 Å². The highest BCUT2D eigenvalue weighted by Crippen LogP contribution is 2.36. The molecule has 0 saturated heterocycles. The van der Waals surface area contributed by atoms with E-state index in [1.165, 1.54) is 44.2 Å². The molecule has 0 radical (unpaired) electrons. The van der Waals surface area contributed by atoms with E-state index in [0.29, 0.717) is 37.7 Å². The van der Waals surface area contributed by atoms with Gasteiger partial charge < -0.3 is 23.7 Å². The SMILES string of the molecule is COC(=O)C1=C(C)N=c2s/c(=C/c3ccc(OC)cc3OC)c(=O)n2[C@H]1c1ccc(OC(C)=O)c(OC)c1. The van der Waals surface area contributed by atoms with Crippen molar-refractivity contribution in [3.05, 3.63) is 78.5 Å². The van der Waals surface area contributed by atoms with E-state index in [1.807, 2.05) is 0 Å². The van der Waals surface area contributed by atoms with Gasteiger partial charge in [0.1, 0.15) is 11.5 Å². The van der Waals surface area contributed by atoms with Gasteiger partial charge in [-0.2, -0.15) is 0 Å². The molecule has 4 rings (SSSR count). The van der Waals surface area contributed by atoms with Gasteiger partial charge in [-0.3, -0.25) is 14.2 Å². The van der Waals surface area contributed by atoms with Crippen molar-refractivity contribution in [1.82, 2.24) is 4.57 Å². The summed E-state index contributed by atoms with van der Waals surface area (Å²) in [5.74, 6) is 0.494. The summed E-state index contributed by atoms with van der Waals surface area (Å²) in [5.41, 5.74) is 1.48. The third kappa shape index (κ3) is 4.92. The molecule has 0 N–H and O–H groups in total. The van der Waals surface area contributed by atoms with Crippen LogP contribution in [0.5, 0.6) is 23.0 Å². The fourth-order valence-corrected chi connectivity index (χ4v) is 5.22. The van der Waals surface area contributed by atoms with E-state index in [0.717, 1.165) is 0 Å². The second kappa shape index (κ2) is 10.9. The Morgan fingerprint density at radius 3 is 2.34 bits per heavy atom. The van der Waals surface area contributed by atoms with Crippen LogP contribution in [0.2, 0.25) is 0 Å². The summed E-state index contributed by atoms with van der Waals surface area (Å²) in [7, 11) is 5.79. The molecule has 0 fully saturated rings. The number of hydrogen-bond donors (Lipinski definition) is 0. The molecule has 3 aromatic rings. The Balaban J connectivity index is 1.95. The number of thiazole rings is 1. The number of ether oxygens (including phenoxy) is 5. The lowest BCUT2D eigenvalue weighted by atomic mass is 9.95. The van der Waals surface area contributed by atoms with Crippen LogP contribution in [-0.2, 0) is 14.3 Å². The number of allylic oxidation sites excluding steroid dienone is 1. The summed E-state index contributed by atoms with van der Waals surface area (Å²) < 4.78 is 28.3. The zero-order valence-corrected chi connectivity index (χ0v) is 22.5. The van der Waals surface area contributed by atoms with Gasteiger partial charge in [0, 0.05) is 18.6 Å². The summed E-state index contributed by atoms with van der Waals surface area (Å²) in [4.78, 5) is 43.2. The molecular weight excluding hydrogens is 512 g/mol. The Bertz CT molecular complexity index is 1630. The minimum atomic E-state index is -0.862. The number of fused-ring (bicyclic) bond motifs is 1. The number of aromatic nitrogens is 1. The topological polar surface area (TPSA) is 115 Å². The first-order chi connectivity index (χ1) is 18.2. The first kappa shape index (κ1) is 26.7. The lowest BCUT2D eigenvalue weighted by Crippen LogP contribution is -2.39. The van der Waals surface area contributed by atoms with Crippen LogP contribution in [0.1, 0.15) is 31.0 Å². The highest BCUT2D eigenvalue weighted by molar-refractivity contribution is 7.07. The van der Waals surface area contributed by atoms with Crippen LogP contribution in [0.25, 0.3) is 6.08 Å². The van der Waals surface area contributed by atoms with E-state index >= 15 is 0 Å². The van der Waals surface area contributed by atoms with E-state index in [2.05, 4.69) is 4.99 Å². The minimum absolute atomic E-state index is 0.204. The molecular formula is C27H26N2O8S. The Kier molecular flexibility index (Phi) is 7.67. The first-order valence-corrected chi connectivity index (χ1v) is 12.2. The lowest BCUT2D eigenvalue weighted by Gasteiger charge is -2.25. The normalized spacial score (nSPS) is 14.9. The summed E-state index contributed by atoms with van der Waals surface area (Å²) in [6, 6.07) is 9.26. The smallest absolute Gasteiger partial charge is 0.338 e. The molecule has 0 amide bonds. The van der Waals surface area contributed by atoms with Gasteiger partial charge in [0.2, 0.25) is 0 Å². The number of benzene rings is 2. The molecule has 198 valence electrons. The van der Waals surface area contributed by atoms with E-state index < -0.39 is 18.0 Å². The van der Waals surface area contributed by atoms with Gasteiger partial charge in [-0.05, 0) is 42.8 Å². The van der Waals surface area contributed by atoms with E-state index in [-0.39, 0.29) is 22.6 Å². The molecule has 10 nitrogen and oxygen atoms in total. The van der Waals surface area contributed by atoms with Crippen LogP contribution >= 0.6 is 11.3 Å². The fourth-order valence-electron chi connectivity index (χ4n) is 4.18. The maximum atomic E-state index is 13.8. The summed E-state index contributed by atoms with van der Waals surface area (Å²) in [6.07, 6.45) is 1.71. The van der Waals surface area contributed by atoms with Crippen molar-refractivity contribution in [2.45, 2.75) is 19.9 Å². The third-order valence-corrected chi connectivity index (χ3v) is 6.89. The Labute approximate surface area is 222 Å². The number of rotatable bonds is 7. The molecule has 1 aromatic heterocycles. The summed E-state index contributed by atoms with van der Waals surface area (Å²) in [5, 5.41) is 0. The highest BCUT2D eigenvalue weighted by atomic mass is 32.1. The Morgan fingerprint density at radius 2 is 1.71 bits per heavy atom. The molecule has 0 spiro atoms. The van der Waals surface area contributed by atoms with Gasteiger partial charge in [-0.1, -0.05) is 17.4 Å². The number of methoxy groups -OCH3 is 4. The molecule has 0 bridgehead atoms. The predicted octanol–water partition coefficient (Wildman–Crippen LogP) is 2.36. The summed E-state index contributed by atoms with van der Waals surface area (Å²) in [6.45, 7) is 2.97. The zero-order chi connectivity index (χ0) is 27.6. The Morgan fingerprint density at radius 1 is 0.974 bits per heavy atom. The second-order valence-corrected chi connectivity index (χ2v) is 9.19. The predicted molar refractivity (Wildman–Crippen MR) is 140 cm³/mol.